The van der Waals surface area contributed by atoms with Crippen LogP contribution < -0.4 is 4.74 Å². The van der Waals surface area contributed by atoms with Crippen molar-refractivity contribution in [1.82, 2.24) is 4.98 Å². The van der Waals surface area contributed by atoms with E-state index in [2.05, 4.69) is 18.8 Å². The second kappa shape index (κ2) is 7.11. The Hall–Kier alpha value is -0.800. The van der Waals surface area contributed by atoms with Gasteiger partial charge in [0.05, 0.1) is 6.10 Å². The number of hydrogen-bond donors (Lipinski definition) is 0. The summed E-state index contributed by atoms with van der Waals surface area (Å²) in [6, 6.07) is 3.96. The van der Waals surface area contributed by atoms with Crippen molar-refractivity contribution < 1.29 is 9.47 Å². The van der Waals surface area contributed by atoms with Crippen LogP contribution in [0.2, 0.25) is 0 Å². The minimum Gasteiger partial charge on any atom is -0.475 e. The van der Waals surface area contributed by atoms with Gasteiger partial charge in [-0.2, -0.15) is 0 Å². The van der Waals surface area contributed by atoms with Gasteiger partial charge < -0.3 is 9.47 Å². The Kier molecular flexibility index (Phi) is 5.46. The van der Waals surface area contributed by atoms with Crippen LogP contribution in [0.1, 0.15) is 50.3 Å². The first-order valence-electron chi connectivity index (χ1n) is 7.00. The third kappa shape index (κ3) is 4.36. The van der Waals surface area contributed by atoms with Gasteiger partial charge in [-0.3, -0.25) is 0 Å². The summed E-state index contributed by atoms with van der Waals surface area (Å²) >= 11 is 5.92. The van der Waals surface area contributed by atoms with E-state index in [-0.39, 0.29) is 6.10 Å². The number of hydrogen-bond acceptors (Lipinski definition) is 3. The molecule has 4 heteroatoms. The molecule has 0 radical (unpaired) electrons. The number of alkyl halides is 1. The molecule has 0 aliphatic carbocycles. The molecular weight excluding hydrogens is 262 g/mol. The molecule has 2 heterocycles. The number of rotatable bonds is 5. The number of ether oxygens (including phenoxy) is 2. The highest BCUT2D eigenvalue weighted by Gasteiger charge is 2.15. The van der Waals surface area contributed by atoms with Crippen LogP contribution in [0.5, 0.6) is 5.88 Å². The lowest BCUT2D eigenvalue weighted by Gasteiger charge is -2.22. The summed E-state index contributed by atoms with van der Waals surface area (Å²) in [5.41, 5.74) is 2.08. The minimum absolute atomic E-state index is 0.206. The van der Waals surface area contributed by atoms with Crippen LogP contribution in [0.15, 0.2) is 12.1 Å². The van der Waals surface area contributed by atoms with Crippen LogP contribution >= 0.6 is 11.6 Å². The highest BCUT2D eigenvalue weighted by atomic mass is 35.5. The average Bonchev–Trinajstić information content (AvgIpc) is 2.45. The predicted molar refractivity (Wildman–Crippen MR) is 77.0 cm³/mol. The second-order valence-corrected chi connectivity index (χ2v) is 5.59. The Bertz CT molecular complexity index is 403. The fraction of sp³-hybridized carbons (Fsp3) is 0.667. The topological polar surface area (TPSA) is 31.4 Å². The van der Waals surface area contributed by atoms with Crippen molar-refractivity contribution in [2.75, 3.05) is 13.2 Å². The van der Waals surface area contributed by atoms with E-state index in [0.717, 1.165) is 30.7 Å². The van der Waals surface area contributed by atoms with Gasteiger partial charge in [-0.25, -0.2) is 4.98 Å². The van der Waals surface area contributed by atoms with E-state index in [1.807, 2.05) is 12.1 Å². The molecule has 0 bridgehead atoms. The zero-order valence-corrected chi connectivity index (χ0v) is 12.4. The Labute approximate surface area is 120 Å². The maximum atomic E-state index is 5.92. The summed E-state index contributed by atoms with van der Waals surface area (Å²) in [4.78, 5) is 4.53. The molecule has 0 aromatic carbocycles. The van der Waals surface area contributed by atoms with Crippen LogP contribution in [-0.4, -0.2) is 24.3 Å². The molecule has 1 aromatic heterocycles. The summed E-state index contributed by atoms with van der Waals surface area (Å²) in [7, 11) is 0. The number of halogens is 1. The van der Waals surface area contributed by atoms with E-state index in [1.54, 1.807) is 0 Å². The molecule has 1 fully saturated rings. The van der Waals surface area contributed by atoms with E-state index in [0.29, 0.717) is 24.3 Å². The van der Waals surface area contributed by atoms with E-state index < -0.39 is 0 Å². The minimum atomic E-state index is 0.206. The van der Waals surface area contributed by atoms with Crippen molar-refractivity contribution in [3.05, 3.63) is 23.4 Å². The van der Waals surface area contributed by atoms with Crippen LogP contribution in [0.4, 0.5) is 0 Å². The van der Waals surface area contributed by atoms with Gasteiger partial charge in [0.15, 0.2) is 0 Å². The zero-order chi connectivity index (χ0) is 13.7. The Morgan fingerprint density at radius 1 is 1.42 bits per heavy atom. The summed E-state index contributed by atoms with van der Waals surface area (Å²) in [5, 5.41) is 0. The van der Waals surface area contributed by atoms with Crippen molar-refractivity contribution in [2.45, 2.75) is 51.0 Å². The van der Waals surface area contributed by atoms with Crippen LogP contribution in [0.25, 0.3) is 0 Å². The molecule has 0 spiro atoms. The lowest BCUT2D eigenvalue weighted by atomic mass is 10.1. The first-order valence-corrected chi connectivity index (χ1v) is 7.53. The molecule has 1 aliphatic heterocycles. The zero-order valence-electron chi connectivity index (χ0n) is 11.7. The lowest BCUT2D eigenvalue weighted by Crippen LogP contribution is -2.26. The van der Waals surface area contributed by atoms with Gasteiger partial charge in [-0.05, 0) is 36.8 Å². The normalized spacial score (nSPS) is 19.7. The van der Waals surface area contributed by atoms with Crippen LogP contribution in [-0.2, 0) is 10.6 Å². The molecule has 1 atom stereocenters. The maximum Gasteiger partial charge on any atom is 0.213 e. The predicted octanol–water partition coefficient (Wildman–Crippen LogP) is 3.89. The smallest absolute Gasteiger partial charge is 0.213 e. The first-order chi connectivity index (χ1) is 9.19. The summed E-state index contributed by atoms with van der Waals surface area (Å²) in [6.07, 6.45) is 3.67. The summed E-state index contributed by atoms with van der Waals surface area (Å²) < 4.78 is 11.4. The molecule has 2 rings (SSSR count). The van der Waals surface area contributed by atoms with Gasteiger partial charge in [0.25, 0.3) is 0 Å². The van der Waals surface area contributed by atoms with E-state index in [1.165, 1.54) is 6.42 Å². The summed E-state index contributed by atoms with van der Waals surface area (Å²) in [5.74, 6) is 1.52. The maximum absolute atomic E-state index is 5.92. The number of aromatic nitrogens is 1. The quantitative estimate of drug-likeness (QED) is 0.768. The monoisotopic (exact) mass is 283 g/mol. The Balaban J connectivity index is 2.00. The van der Waals surface area contributed by atoms with Gasteiger partial charge >= 0.3 is 0 Å². The molecule has 1 unspecified atom stereocenters. The van der Waals surface area contributed by atoms with Gasteiger partial charge in [0.1, 0.15) is 6.61 Å². The molecule has 0 N–H and O–H groups in total. The van der Waals surface area contributed by atoms with Crippen LogP contribution in [0.3, 0.4) is 0 Å². The van der Waals surface area contributed by atoms with Crippen molar-refractivity contribution >= 4 is 11.6 Å². The van der Waals surface area contributed by atoms with Crippen LogP contribution in [0, 0.1) is 0 Å². The molecule has 0 saturated carbocycles. The van der Waals surface area contributed by atoms with E-state index in [4.69, 9.17) is 21.1 Å². The third-order valence-corrected chi connectivity index (χ3v) is 3.63. The number of pyridine rings is 1. The lowest BCUT2D eigenvalue weighted by molar-refractivity contribution is -0.0120. The van der Waals surface area contributed by atoms with Crippen molar-refractivity contribution in [3.8, 4) is 5.88 Å². The largest absolute Gasteiger partial charge is 0.475 e. The van der Waals surface area contributed by atoms with Gasteiger partial charge in [0, 0.05) is 24.2 Å². The molecule has 1 saturated heterocycles. The molecule has 3 nitrogen and oxygen atoms in total. The van der Waals surface area contributed by atoms with Gasteiger partial charge in [-0.15, -0.1) is 11.6 Å². The summed E-state index contributed by atoms with van der Waals surface area (Å²) in [6.45, 7) is 5.67. The van der Waals surface area contributed by atoms with Crippen molar-refractivity contribution in [1.29, 1.82) is 0 Å². The van der Waals surface area contributed by atoms with Crippen molar-refractivity contribution in [2.24, 2.45) is 0 Å². The molecule has 106 valence electrons. The van der Waals surface area contributed by atoms with Crippen molar-refractivity contribution in [3.63, 3.8) is 0 Å². The van der Waals surface area contributed by atoms with E-state index in [9.17, 15) is 0 Å². The molecule has 1 aromatic rings. The standard InChI is InChI=1S/C15H22ClNO2/c1-11(2)14-7-12(9-16)8-15(17-14)19-10-13-5-3-4-6-18-13/h7-8,11,13H,3-6,9-10H2,1-2H3. The average molecular weight is 284 g/mol. The molecule has 19 heavy (non-hydrogen) atoms. The highest BCUT2D eigenvalue weighted by molar-refractivity contribution is 6.17. The molecule has 1 aliphatic rings. The number of nitrogens with zero attached hydrogens (tertiary/aromatic N) is 1. The van der Waals surface area contributed by atoms with E-state index >= 15 is 0 Å². The second-order valence-electron chi connectivity index (χ2n) is 5.33. The SMILES string of the molecule is CC(C)c1cc(CCl)cc(OCC2CCCCO2)n1. The molecular formula is C15H22ClNO2. The van der Waals surface area contributed by atoms with Gasteiger partial charge in [-0.1, -0.05) is 13.8 Å². The van der Waals surface area contributed by atoms with Gasteiger partial charge in [0.2, 0.25) is 5.88 Å². The fourth-order valence-electron chi connectivity index (χ4n) is 2.15. The Morgan fingerprint density at radius 3 is 2.89 bits per heavy atom. The molecule has 0 amide bonds. The fourth-order valence-corrected chi connectivity index (χ4v) is 2.30. The first kappa shape index (κ1) is 14.6. The Morgan fingerprint density at radius 2 is 2.26 bits per heavy atom. The highest BCUT2D eigenvalue weighted by Crippen LogP contribution is 2.21. The third-order valence-electron chi connectivity index (χ3n) is 3.32.